The standard InChI is InChI=1S/C21H26N2O2/c1-15(2)19-10-5-6-11-20(19)23(17(4)24)13-12-22-21(25)18-9-7-8-16(3)14-18/h5-11,14-15H,12-13H2,1-4H3,(H,22,25). The summed E-state index contributed by atoms with van der Waals surface area (Å²) < 4.78 is 0. The summed E-state index contributed by atoms with van der Waals surface area (Å²) in [6.45, 7) is 8.57. The van der Waals surface area contributed by atoms with E-state index in [2.05, 4.69) is 19.2 Å². The highest BCUT2D eigenvalue weighted by atomic mass is 16.2. The van der Waals surface area contributed by atoms with Crippen LogP contribution in [-0.4, -0.2) is 24.9 Å². The maximum atomic E-state index is 12.2. The van der Waals surface area contributed by atoms with Gasteiger partial charge in [0.05, 0.1) is 0 Å². The van der Waals surface area contributed by atoms with E-state index in [1.165, 1.54) is 0 Å². The normalized spacial score (nSPS) is 10.6. The maximum Gasteiger partial charge on any atom is 0.251 e. The summed E-state index contributed by atoms with van der Waals surface area (Å²) in [4.78, 5) is 26.1. The van der Waals surface area contributed by atoms with Crippen molar-refractivity contribution >= 4 is 17.5 Å². The Hall–Kier alpha value is -2.62. The second-order valence-electron chi connectivity index (χ2n) is 6.51. The Morgan fingerprint density at radius 2 is 1.80 bits per heavy atom. The minimum Gasteiger partial charge on any atom is -0.350 e. The molecule has 2 amide bonds. The van der Waals surface area contributed by atoms with E-state index in [1.54, 1.807) is 17.9 Å². The van der Waals surface area contributed by atoms with Crippen LogP contribution in [0.4, 0.5) is 5.69 Å². The van der Waals surface area contributed by atoms with E-state index in [0.29, 0.717) is 24.6 Å². The largest absolute Gasteiger partial charge is 0.350 e. The van der Waals surface area contributed by atoms with Crippen LogP contribution in [0.1, 0.15) is 48.2 Å². The molecular formula is C21H26N2O2. The fourth-order valence-electron chi connectivity index (χ4n) is 2.84. The van der Waals surface area contributed by atoms with Crippen molar-refractivity contribution in [1.29, 1.82) is 0 Å². The van der Waals surface area contributed by atoms with Gasteiger partial charge in [0.2, 0.25) is 5.91 Å². The average Bonchev–Trinajstić information content (AvgIpc) is 2.58. The van der Waals surface area contributed by atoms with Crippen molar-refractivity contribution in [3.8, 4) is 0 Å². The van der Waals surface area contributed by atoms with Crippen LogP contribution in [-0.2, 0) is 4.79 Å². The average molecular weight is 338 g/mol. The molecule has 0 aromatic heterocycles. The van der Waals surface area contributed by atoms with Gasteiger partial charge in [-0.25, -0.2) is 0 Å². The molecule has 0 atom stereocenters. The molecule has 1 N–H and O–H groups in total. The second kappa shape index (κ2) is 8.47. The molecule has 25 heavy (non-hydrogen) atoms. The van der Waals surface area contributed by atoms with Crippen molar-refractivity contribution in [3.63, 3.8) is 0 Å². The third-order valence-electron chi connectivity index (χ3n) is 4.13. The molecule has 4 nitrogen and oxygen atoms in total. The number of hydrogen-bond donors (Lipinski definition) is 1. The lowest BCUT2D eigenvalue weighted by Gasteiger charge is -2.25. The number of aryl methyl sites for hydroxylation is 1. The molecule has 0 radical (unpaired) electrons. The van der Waals surface area contributed by atoms with Crippen molar-refractivity contribution in [2.75, 3.05) is 18.0 Å². The Morgan fingerprint density at radius 1 is 1.08 bits per heavy atom. The predicted molar refractivity (Wildman–Crippen MR) is 102 cm³/mol. The van der Waals surface area contributed by atoms with Crippen LogP contribution in [0.25, 0.3) is 0 Å². The van der Waals surface area contributed by atoms with Gasteiger partial charge >= 0.3 is 0 Å². The number of anilines is 1. The van der Waals surface area contributed by atoms with Gasteiger partial charge in [-0.05, 0) is 36.6 Å². The number of carbonyl (C=O) groups is 2. The second-order valence-corrected chi connectivity index (χ2v) is 6.51. The van der Waals surface area contributed by atoms with E-state index in [4.69, 9.17) is 0 Å². The van der Waals surface area contributed by atoms with Crippen LogP contribution in [0.2, 0.25) is 0 Å². The van der Waals surface area contributed by atoms with Crippen molar-refractivity contribution in [3.05, 3.63) is 65.2 Å². The summed E-state index contributed by atoms with van der Waals surface area (Å²) in [6, 6.07) is 15.4. The number of nitrogens with zero attached hydrogens (tertiary/aromatic N) is 1. The van der Waals surface area contributed by atoms with Crippen LogP contribution >= 0.6 is 0 Å². The van der Waals surface area contributed by atoms with Gasteiger partial charge in [-0.15, -0.1) is 0 Å². The molecule has 0 saturated carbocycles. The lowest BCUT2D eigenvalue weighted by Crippen LogP contribution is -2.38. The van der Waals surface area contributed by atoms with Crippen molar-refractivity contribution in [1.82, 2.24) is 5.32 Å². The van der Waals surface area contributed by atoms with Gasteiger partial charge in [0.15, 0.2) is 0 Å². The third kappa shape index (κ3) is 4.92. The molecule has 4 heteroatoms. The molecule has 2 aromatic rings. The van der Waals surface area contributed by atoms with Gasteiger partial charge in [-0.1, -0.05) is 49.7 Å². The van der Waals surface area contributed by atoms with Gasteiger partial charge in [-0.3, -0.25) is 9.59 Å². The van der Waals surface area contributed by atoms with Gasteiger partial charge in [-0.2, -0.15) is 0 Å². The number of rotatable bonds is 6. The smallest absolute Gasteiger partial charge is 0.251 e. The van der Waals surface area contributed by atoms with E-state index >= 15 is 0 Å². The zero-order valence-electron chi connectivity index (χ0n) is 15.4. The zero-order valence-corrected chi connectivity index (χ0v) is 15.4. The first-order chi connectivity index (χ1) is 11.9. The topological polar surface area (TPSA) is 49.4 Å². The molecule has 0 aliphatic heterocycles. The third-order valence-corrected chi connectivity index (χ3v) is 4.13. The molecule has 0 aliphatic carbocycles. The molecule has 0 saturated heterocycles. The van der Waals surface area contributed by atoms with Crippen LogP contribution in [0, 0.1) is 6.92 Å². The quantitative estimate of drug-likeness (QED) is 0.868. The van der Waals surface area contributed by atoms with Crippen molar-refractivity contribution in [2.45, 2.75) is 33.6 Å². The lowest BCUT2D eigenvalue weighted by molar-refractivity contribution is -0.116. The Balaban J connectivity index is 2.06. The first-order valence-corrected chi connectivity index (χ1v) is 8.62. The molecule has 0 aliphatic rings. The predicted octanol–water partition coefficient (Wildman–Crippen LogP) is 3.90. The molecule has 0 heterocycles. The summed E-state index contributed by atoms with van der Waals surface area (Å²) in [5.74, 6) is 0.169. The van der Waals surface area contributed by atoms with Crippen LogP contribution in [0.3, 0.4) is 0 Å². The summed E-state index contributed by atoms with van der Waals surface area (Å²) >= 11 is 0. The van der Waals surface area contributed by atoms with E-state index in [-0.39, 0.29) is 11.8 Å². The van der Waals surface area contributed by atoms with Gasteiger partial charge in [0, 0.05) is 31.3 Å². The SMILES string of the molecule is CC(=O)N(CCNC(=O)c1cccc(C)c1)c1ccccc1C(C)C. The van der Waals surface area contributed by atoms with E-state index in [0.717, 1.165) is 16.8 Å². The molecule has 2 rings (SSSR count). The minimum absolute atomic E-state index is 0.0297. The fourth-order valence-corrected chi connectivity index (χ4v) is 2.84. The van der Waals surface area contributed by atoms with Crippen LogP contribution in [0.15, 0.2) is 48.5 Å². The minimum atomic E-state index is -0.121. The number of carbonyl (C=O) groups excluding carboxylic acids is 2. The summed E-state index contributed by atoms with van der Waals surface area (Å²) in [7, 11) is 0. The van der Waals surface area contributed by atoms with E-state index < -0.39 is 0 Å². The Bertz CT molecular complexity index is 753. The highest BCUT2D eigenvalue weighted by molar-refractivity contribution is 5.95. The molecule has 0 unspecified atom stereocenters. The molecular weight excluding hydrogens is 312 g/mol. The first kappa shape index (κ1) is 18.7. The summed E-state index contributed by atoms with van der Waals surface area (Å²) in [6.07, 6.45) is 0. The van der Waals surface area contributed by atoms with Gasteiger partial charge in [0.25, 0.3) is 5.91 Å². The summed E-state index contributed by atoms with van der Waals surface area (Å²) in [5.41, 5.74) is 3.72. The molecule has 2 aromatic carbocycles. The summed E-state index contributed by atoms with van der Waals surface area (Å²) in [5, 5.41) is 2.90. The molecule has 0 spiro atoms. The van der Waals surface area contributed by atoms with Crippen molar-refractivity contribution < 1.29 is 9.59 Å². The fraction of sp³-hybridized carbons (Fsp3) is 0.333. The molecule has 132 valence electrons. The van der Waals surface area contributed by atoms with Crippen LogP contribution in [0.5, 0.6) is 0 Å². The Morgan fingerprint density at radius 3 is 2.44 bits per heavy atom. The lowest BCUT2D eigenvalue weighted by atomic mass is 10.0. The zero-order chi connectivity index (χ0) is 18.4. The van der Waals surface area contributed by atoms with E-state index in [1.807, 2.05) is 49.4 Å². The number of para-hydroxylation sites is 1. The highest BCUT2D eigenvalue weighted by Crippen LogP contribution is 2.27. The number of amides is 2. The Labute approximate surface area is 149 Å². The first-order valence-electron chi connectivity index (χ1n) is 8.62. The number of benzene rings is 2. The van der Waals surface area contributed by atoms with Crippen LogP contribution < -0.4 is 10.2 Å². The van der Waals surface area contributed by atoms with Crippen molar-refractivity contribution in [2.24, 2.45) is 0 Å². The van der Waals surface area contributed by atoms with Gasteiger partial charge in [0.1, 0.15) is 0 Å². The number of hydrogen-bond acceptors (Lipinski definition) is 2. The monoisotopic (exact) mass is 338 g/mol. The van der Waals surface area contributed by atoms with Gasteiger partial charge < -0.3 is 10.2 Å². The number of nitrogens with one attached hydrogen (secondary N) is 1. The molecule has 0 bridgehead atoms. The highest BCUT2D eigenvalue weighted by Gasteiger charge is 2.17. The van der Waals surface area contributed by atoms with E-state index in [9.17, 15) is 9.59 Å². The maximum absolute atomic E-state index is 12.2. The molecule has 0 fully saturated rings. The Kier molecular flexibility index (Phi) is 6.34.